The van der Waals surface area contributed by atoms with Gasteiger partial charge in [0.2, 0.25) is 5.91 Å². The molecule has 2 aromatic heterocycles. The van der Waals surface area contributed by atoms with Gasteiger partial charge in [0.05, 0.1) is 11.9 Å². The molecule has 1 aliphatic rings. The molecule has 0 spiro atoms. The van der Waals surface area contributed by atoms with Crippen molar-refractivity contribution in [2.45, 2.75) is 45.5 Å². The van der Waals surface area contributed by atoms with Gasteiger partial charge in [-0.1, -0.05) is 6.07 Å². The van der Waals surface area contributed by atoms with Crippen LogP contribution >= 0.6 is 0 Å². The molecule has 9 nitrogen and oxygen atoms in total. The minimum absolute atomic E-state index is 0.247. The Morgan fingerprint density at radius 2 is 2.00 bits per heavy atom. The summed E-state index contributed by atoms with van der Waals surface area (Å²) in [4.78, 5) is 41.2. The van der Waals surface area contributed by atoms with Crippen LogP contribution in [0.2, 0.25) is 0 Å². The highest BCUT2D eigenvalue weighted by Crippen LogP contribution is 2.25. The standard InChI is InChI=1S/C23H25N5O4/c1-23(2,3)32-22(31)27-21(30)18-13-28-17(12-25-18)9-14-6-7-15(10-19(14)28)20(29)26-16-5-4-8-24-11-16/h4-11,18,25H,12-13H2,1-3H3,(H,26,29)(H,27,30,31). The molecule has 3 N–H and O–H groups in total. The predicted octanol–water partition coefficient (Wildman–Crippen LogP) is 2.81. The third-order valence-corrected chi connectivity index (χ3v) is 5.01. The van der Waals surface area contributed by atoms with Gasteiger partial charge < -0.3 is 14.6 Å². The zero-order valence-corrected chi connectivity index (χ0v) is 18.1. The average molecular weight is 435 g/mol. The lowest BCUT2D eigenvalue weighted by Crippen LogP contribution is -2.51. The van der Waals surface area contributed by atoms with Crippen molar-refractivity contribution in [3.8, 4) is 0 Å². The summed E-state index contributed by atoms with van der Waals surface area (Å²) in [6.45, 7) is 5.97. The van der Waals surface area contributed by atoms with Crippen molar-refractivity contribution in [3.63, 3.8) is 0 Å². The maximum absolute atomic E-state index is 12.7. The van der Waals surface area contributed by atoms with Crippen LogP contribution in [0.5, 0.6) is 0 Å². The molecule has 166 valence electrons. The Hall–Kier alpha value is -3.72. The molecule has 1 aromatic carbocycles. The monoisotopic (exact) mass is 435 g/mol. The van der Waals surface area contributed by atoms with Gasteiger partial charge in [0.1, 0.15) is 11.6 Å². The number of nitrogens with zero attached hydrogens (tertiary/aromatic N) is 2. The number of imide groups is 1. The number of fused-ring (bicyclic) bond motifs is 3. The highest BCUT2D eigenvalue weighted by Gasteiger charge is 2.28. The summed E-state index contributed by atoms with van der Waals surface area (Å²) in [7, 11) is 0. The van der Waals surface area contributed by atoms with Crippen LogP contribution in [0.15, 0.2) is 48.8 Å². The van der Waals surface area contributed by atoms with Crippen molar-refractivity contribution in [3.05, 3.63) is 60.0 Å². The third kappa shape index (κ3) is 4.78. The van der Waals surface area contributed by atoms with E-state index in [2.05, 4.69) is 20.9 Å². The highest BCUT2D eigenvalue weighted by atomic mass is 16.6. The number of nitrogens with one attached hydrogen (secondary N) is 3. The van der Waals surface area contributed by atoms with Gasteiger partial charge in [-0.25, -0.2) is 4.79 Å². The summed E-state index contributed by atoms with van der Waals surface area (Å²) >= 11 is 0. The summed E-state index contributed by atoms with van der Waals surface area (Å²) in [6, 6.07) is 10.4. The lowest BCUT2D eigenvalue weighted by molar-refractivity contribution is -0.123. The average Bonchev–Trinajstić information content (AvgIpc) is 3.10. The van der Waals surface area contributed by atoms with Crippen LogP contribution in [0.25, 0.3) is 10.9 Å². The minimum Gasteiger partial charge on any atom is -0.444 e. The van der Waals surface area contributed by atoms with Gasteiger partial charge >= 0.3 is 6.09 Å². The summed E-state index contributed by atoms with van der Waals surface area (Å²) in [5, 5.41) is 9.23. The predicted molar refractivity (Wildman–Crippen MR) is 119 cm³/mol. The molecule has 0 saturated heterocycles. The Morgan fingerprint density at radius 3 is 2.72 bits per heavy atom. The van der Waals surface area contributed by atoms with E-state index in [0.29, 0.717) is 24.3 Å². The van der Waals surface area contributed by atoms with E-state index >= 15 is 0 Å². The smallest absolute Gasteiger partial charge is 0.414 e. The van der Waals surface area contributed by atoms with Gasteiger partial charge in [-0.2, -0.15) is 0 Å². The fraction of sp³-hybridized carbons (Fsp3) is 0.304. The molecule has 1 unspecified atom stereocenters. The number of hydrogen-bond donors (Lipinski definition) is 3. The number of benzene rings is 1. The molecule has 3 amide bonds. The molecule has 9 heteroatoms. The van der Waals surface area contributed by atoms with Crippen LogP contribution in [0.4, 0.5) is 10.5 Å². The molecule has 32 heavy (non-hydrogen) atoms. The number of carbonyl (C=O) groups excluding carboxylic acids is 3. The zero-order valence-electron chi connectivity index (χ0n) is 18.1. The van der Waals surface area contributed by atoms with Crippen LogP contribution in [0, 0.1) is 0 Å². The van der Waals surface area contributed by atoms with Crippen LogP contribution in [-0.2, 0) is 22.6 Å². The number of anilines is 1. The number of pyridine rings is 1. The maximum atomic E-state index is 12.7. The number of rotatable bonds is 3. The quantitative estimate of drug-likeness (QED) is 0.583. The Bertz CT molecular complexity index is 1180. The lowest BCUT2D eigenvalue weighted by atomic mass is 10.1. The van der Waals surface area contributed by atoms with E-state index in [1.54, 1.807) is 57.4 Å². The van der Waals surface area contributed by atoms with Crippen LogP contribution in [0.3, 0.4) is 0 Å². The topological polar surface area (TPSA) is 114 Å². The van der Waals surface area contributed by atoms with E-state index in [4.69, 9.17) is 4.74 Å². The first-order chi connectivity index (χ1) is 15.2. The molecule has 0 fully saturated rings. The SMILES string of the molecule is CC(C)(C)OC(=O)NC(=O)C1Cn2c(cc3ccc(C(=O)Nc4cccnc4)cc32)CN1. The first kappa shape index (κ1) is 21.5. The Labute approximate surface area is 185 Å². The molecule has 3 heterocycles. The van der Waals surface area contributed by atoms with Gasteiger partial charge in [-0.05, 0) is 56.5 Å². The molecule has 0 radical (unpaired) electrons. The summed E-state index contributed by atoms with van der Waals surface area (Å²) in [6.07, 6.45) is 2.44. The second kappa shape index (κ2) is 8.43. The van der Waals surface area contributed by atoms with E-state index in [1.807, 2.05) is 16.7 Å². The van der Waals surface area contributed by atoms with Crippen LogP contribution in [-0.4, -0.2) is 39.1 Å². The van der Waals surface area contributed by atoms with E-state index in [-0.39, 0.29) is 5.91 Å². The number of ether oxygens (including phenoxy) is 1. The Morgan fingerprint density at radius 1 is 1.19 bits per heavy atom. The second-order valence-electron chi connectivity index (χ2n) is 8.64. The number of amides is 3. The van der Waals surface area contributed by atoms with Crippen LogP contribution < -0.4 is 16.0 Å². The number of alkyl carbamates (subject to hydrolysis) is 1. The maximum Gasteiger partial charge on any atom is 0.414 e. The third-order valence-electron chi connectivity index (χ3n) is 5.01. The van der Waals surface area contributed by atoms with E-state index in [0.717, 1.165) is 16.6 Å². The van der Waals surface area contributed by atoms with Crippen molar-refractivity contribution >= 4 is 34.5 Å². The summed E-state index contributed by atoms with van der Waals surface area (Å²) < 4.78 is 7.15. The number of hydrogen-bond acceptors (Lipinski definition) is 6. The normalized spacial score (nSPS) is 15.7. The van der Waals surface area contributed by atoms with Crippen molar-refractivity contribution < 1.29 is 19.1 Å². The minimum atomic E-state index is -0.776. The molecular weight excluding hydrogens is 410 g/mol. The molecule has 0 aliphatic carbocycles. The summed E-state index contributed by atoms with van der Waals surface area (Å²) in [5.41, 5.74) is 2.25. The first-order valence-electron chi connectivity index (χ1n) is 10.3. The van der Waals surface area contributed by atoms with Crippen molar-refractivity contribution in [1.29, 1.82) is 0 Å². The van der Waals surface area contributed by atoms with E-state index in [1.165, 1.54) is 0 Å². The second-order valence-corrected chi connectivity index (χ2v) is 8.64. The molecule has 4 rings (SSSR count). The van der Waals surface area contributed by atoms with Gasteiger partial charge in [-0.15, -0.1) is 0 Å². The first-order valence-corrected chi connectivity index (χ1v) is 10.3. The molecule has 1 atom stereocenters. The lowest BCUT2D eigenvalue weighted by Gasteiger charge is -2.26. The van der Waals surface area contributed by atoms with Crippen LogP contribution in [0.1, 0.15) is 36.8 Å². The summed E-state index contributed by atoms with van der Waals surface area (Å²) in [5.74, 6) is -0.708. The van der Waals surface area contributed by atoms with Crippen molar-refractivity contribution in [1.82, 2.24) is 20.2 Å². The zero-order chi connectivity index (χ0) is 22.9. The van der Waals surface area contributed by atoms with Gasteiger partial charge in [-0.3, -0.25) is 25.2 Å². The molecule has 0 saturated carbocycles. The Kier molecular flexibility index (Phi) is 5.67. The fourth-order valence-corrected chi connectivity index (χ4v) is 3.60. The van der Waals surface area contributed by atoms with Crippen molar-refractivity contribution in [2.24, 2.45) is 0 Å². The van der Waals surface area contributed by atoms with Gasteiger partial charge in [0, 0.05) is 36.1 Å². The molecule has 0 bridgehead atoms. The van der Waals surface area contributed by atoms with Gasteiger partial charge in [0.25, 0.3) is 5.91 Å². The van der Waals surface area contributed by atoms with Gasteiger partial charge in [0.15, 0.2) is 0 Å². The van der Waals surface area contributed by atoms with E-state index < -0.39 is 23.6 Å². The number of carbonyl (C=O) groups is 3. The fourth-order valence-electron chi connectivity index (χ4n) is 3.60. The molecule has 1 aliphatic heterocycles. The Balaban J connectivity index is 1.52. The largest absolute Gasteiger partial charge is 0.444 e. The van der Waals surface area contributed by atoms with Crippen molar-refractivity contribution in [2.75, 3.05) is 5.32 Å². The molecule has 3 aromatic rings. The molecular formula is C23H25N5O4. The number of aromatic nitrogens is 2. The van der Waals surface area contributed by atoms with E-state index in [9.17, 15) is 14.4 Å². The highest BCUT2D eigenvalue weighted by molar-refractivity contribution is 6.06.